The SMILES string of the molecule is COc1cc(/C=C/c2cccc3c(OC)c(OC)ccc23)cc(OC)c1OC. The molecule has 5 nitrogen and oxygen atoms in total. The average Bonchev–Trinajstić information content (AvgIpc) is 2.75. The standard InChI is InChI=1S/C23H24O5/c1-24-19-12-11-17-16(7-6-8-18(17)22(19)27-4)10-9-15-13-20(25-2)23(28-5)21(14-15)26-3/h6-14H,1-5H3/b10-9+. The normalized spacial score (nSPS) is 10.9. The van der Waals surface area contributed by atoms with Gasteiger partial charge in [0, 0.05) is 5.39 Å². The monoisotopic (exact) mass is 380 g/mol. The lowest BCUT2D eigenvalue weighted by molar-refractivity contribution is 0.324. The molecule has 0 spiro atoms. The Kier molecular flexibility index (Phi) is 5.94. The van der Waals surface area contributed by atoms with E-state index in [9.17, 15) is 0 Å². The highest BCUT2D eigenvalue weighted by Gasteiger charge is 2.13. The summed E-state index contributed by atoms with van der Waals surface area (Å²) >= 11 is 0. The van der Waals surface area contributed by atoms with Gasteiger partial charge in [-0.05, 0) is 40.8 Å². The van der Waals surface area contributed by atoms with E-state index in [4.69, 9.17) is 23.7 Å². The highest BCUT2D eigenvalue weighted by Crippen LogP contribution is 2.39. The van der Waals surface area contributed by atoms with Crippen LogP contribution < -0.4 is 23.7 Å². The number of methoxy groups -OCH3 is 5. The molecule has 0 unspecified atom stereocenters. The fourth-order valence-corrected chi connectivity index (χ4v) is 3.23. The lowest BCUT2D eigenvalue weighted by atomic mass is 10.0. The number of hydrogen-bond acceptors (Lipinski definition) is 5. The molecule has 0 fully saturated rings. The van der Waals surface area contributed by atoms with Gasteiger partial charge in [0.05, 0.1) is 35.5 Å². The van der Waals surface area contributed by atoms with Gasteiger partial charge in [-0.25, -0.2) is 0 Å². The molecular weight excluding hydrogens is 356 g/mol. The van der Waals surface area contributed by atoms with Gasteiger partial charge < -0.3 is 23.7 Å². The highest BCUT2D eigenvalue weighted by atomic mass is 16.5. The summed E-state index contributed by atoms with van der Waals surface area (Å²) in [7, 11) is 8.09. The van der Waals surface area contributed by atoms with Crippen LogP contribution in [0, 0.1) is 0 Å². The third kappa shape index (κ3) is 3.56. The Morgan fingerprint density at radius 2 is 1.21 bits per heavy atom. The van der Waals surface area contributed by atoms with Gasteiger partial charge in [-0.15, -0.1) is 0 Å². The molecule has 0 saturated carbocycles. The molecule has 28 heavy (non-hydrogen) atoms. The van der Waals surface area contributed by atoms with Crippen molar-refractivity contribution in [1.29, 1.82) is 0 Å². The lowest BCUT2D eigenvalue weighted by Gasteiger charge is -2.13. The van der Waals surface area contributed by atoms with E-state index in [1.54, 1.807) is 35.5 Å². The van der Waals surface area contributed by atoms with Crippen LogP contribution in [-0.4, -0.2) is 35.5 Å². The molecule has 0 heterocycles. The lowest BCUT2D eigenvalue weighted by Crippen LogP contribution is -1.95. The van der Waals surface area contributed by atoms with Gasteiger partial charge in [-0.3, -0.25) is 0 Å². The van der Waals surface area contributed by atoms with E-state index < -0.39 is 0 Å². The fourth-order valence-electron chi connectivity index (χ4n) is 3.23. The van der Waals surface area contributed by atoms with Gasteiger partial charge in [-0.2, -0.15) is 0 Å². The van der Waals surface area contributed by atoms with E-state index in [0.29, 0.717) is 23.0 Å². The minimum absolute atomic E-state index is 0.573. The molecule has 0 aromatic heterocycles. The first kappa shape index (κ1) is 19.4. The smallest absolute Gasteiger partial charge is 0.203 e. The van der Waals surface area contributed by atoms with Crippen molar-refractivity contribution in [1.82, 2.24) is 0 Å². The zero-order valence-corrected chi connectivity index (χ0v) is 16.7. The number of fused-ring (bicyclic) bond motifs is 1. The van der Waals surface area contributed by atoms with Gasteiger partial charge in [0.15, 0.2) is 23.0 Å². The molecule has 0 amide bonds. The van der Waals surface area contributed by atoms with Crippen molar-refractivity contribution in [3.63, 3.8) is 0 Å². The Bertz CT molecular complexity index is 982. The van der Waals surface area contributed by atoms with E-state index in [1.807, 2.05) is 42.5 Å². The zero-order chi connectivity index (χ0) is 20.1. The van der Waals surface area contributed by atoms with Gasteiger partial charge in [0.1, 0.15) is 0 Å². The zero-order valence-electron chi connectivity index (χ0n) is 16.7. The van der Waals surface area contributed by atoms with Crippen molar-refractivity contribution in [3.05, 3.63) is 53.6 Å². The van der Waals surface area contributed by atoms with Gasteiger partial charge in [0.25, 0.3) is 0 Å². The quantitative estimate of drug-likeness (QED) is 0.537. The van der Waals surface area contributed by atoms with Crippen LogP contribution in [0.5, 0.6) is 28.7 Å². The summed E-state index contributed by atoms with van der Waals surface area (Å²) in [6.45, 7) is 0. The molecule has 3 rings (SSSR count). The predicted octanol–water partition coefficient (Wildman–Crippen LogP) is 5.05. The van der Waals surface area contributed by atoms with Gasteiger partial charge >= 0.3 is 0 Å². The average molecular weight is 380 g/mol. The van der Waals surface area contributed by atoms with Crippen molar-refractivity contribution in [2.75, 3.05) is 35.5 Å². The Balaban J connectivity index is 2.07. The number of hydrogen-bond donors (Lipinski definition) is 0. The molecule has 0 aliphatic rings. The maximum Gasteiger partial charge on any atom is 0.203 e. The third-order valence-electron chi connectivity index (χ3n) is 4.58. The molecule has 0 radical (unpaired) electrons. The summed E-state index contributed by atoms with van der Waals surface area (Å²) in [5.41, 5.74) is 2.00. The third-order valence-corrected chi connectivity index (χ3v) is 4.58. The van der Waals surface area contributed by atoms with Crippen molar-refractivity contribution in [2.24, 2.45) is 0 Å². The maximum atomic E-state index is 5.56. The fraction of sp³-hybridized carbons (Fsp3) is 0.217. The minimum Gasteiger partial charge on any atom is -0.493 e. The molecule has 5 heteroatoms. The van der Waals surface area contributed by atoms with Crippen LogP contribution in [0.1, 0.15) is 11.1 Å². The summed E-state index contributed by atoms with van der Waals surface area (Å²) < 4.78 is 27.2. The van der Waals surface area contributed by atoms with Crippen LogP contribution in [0.4, 0.5) is 0 Å². The van der Waals surface area contributed by atoms with Gasteiger partial charge in [-0.1, -0.05) is 30.4 Å². The summed E-state index contributed by atoms with van der Waals surface area (Å²) in [4.78, 5) is 0. The Hall–Kier alpha value is -3.34. The molecule has 0 bridgehead atoms. The van der Waals surface area contributed by atoms with E-state index in [2.05, 4.69) is 12.1 Å². The largest absolute Gasteiger partial charge is 0.493 e. The maximum absolute atomic E-state index is 5.56. The second kappa shape index (κ2) is 8.57. The summed E-state index contributed by atoms with van der Waals surface area (Å²) in [6.07, 6.45) is 4.06. The van der Waals surface area contributed by atoms with Crippen LogP contribution in [0.15, 0.2) is 42.5 Å². The molecule has 0 atom stereocenters. The second-order valence-electron chi connectivity index (χ2n) is 6.04. The van der Waals surface area contributed by atoms with Gasteiger partial charge in [0.2, 0.25) is 5.75 Å². The van der Waals surface area contributed by atoms with Crippen LogP contribution in [0.3, 0.4) is 0 Å². The first-order valence-corrected chi connectivity index (χ1v) is 8.78. The Morgan fingerprint density at radius 1 is 0.571 bits per heavy atom. The molecule has 0 aliphatic heterocycles. The molecule has 0 aliphatic carbocycles. The summed E-state index contributed by atoms with van der Waals surface area (Å²) in [5, 5.41) is 2.07. The van der Waals surface area contributed by atoms with Crippen LogP contribution in [-0.2, 0) is 0 Å². The number of ether oxygens (including phenoxy) is 5. The van der Waals surface area contributed by atoms with Crippen molar-refractivity contribution in [3.8, 4) is 28.7 Å². The number of rotatable bonds is 7. The molecule has 3 aromatic carbocycles. The van der Waals surface area contributed by atoms with Crippen molar-refractivity contribution < 1.29 is 23.7 Å². The second-order valence-corrected chi connectivity index (χ2v) is 6.04. The highest BCUT2D eigenvalue weighted by molar-refractivity contribution is 5.98. The van der Waals surface area contributed by atoms with E-state index in [1.165, 1.54) is 0 Å². The Labute approximate surface area is 165 Å². The first-order valence-electron chi connectivity index (χ1n) is 8.78. The molecule has 0 saturated heterocycles. The van der Waals surface area contributed by atoms with Crippen LogP contribution >= 0.6 is 0 Å². The molecular formula is C23H24O5. The molecule has 146 valence electrons. The predicted molar refractivity (Wildman–Crippen MR) is 112 cm³/mol. The topological polar surface area (TPSA) is 46.2 Å². The summed E-state index contributed by atoms with van der Waals surface area (Å²) in [6, 6.07) is 13.8. The first-order chi connectivity index (χ1) is 13.7. The van der Waals surface area contributed by atoms with E-state index >= 15 is 0 Å². The summed E-state index contributed by atoms with van der Waals surface area (Å²) in [5.74, 6) is 3.24. The molecule has 3 aromatic rings. The van der Waals surface area contributed by atoms with E-state index in [-0.39, 0.29) is 0 Å². The Morgan fingerprint density at radius 3 is 1.79 bits per heavy atom. The van der Waals surface area contributed by atoms with Crippen LogP contribution in [0.25, 0.3) is 22.9 Å². The minimum atomic E-state index is 0.573. The molecule has 0 N–H and O–H groups in total. The number of benzene rings is 3. The van der Waals surface area contributed by atoms with Crippen molar-refractivity contribution in [2.45, 2.75) is 0 Å². The van der Waals surface area contributed by atoms with Crippen LogP contribution in [0.2, 0.25) is 0 Å². The van der Waals surface area contributed by atoms with Crippen molar-refractivity contribution >= 4 is 22.9 Å². The van der Waals surface area contributed by atoms with E-state index in [0.717, 1.165) is 27.6 Å².